The van der Waals surface area contributed by atoms with Gasteiger partial charge >= 0.3 is 0 Å². The Labute approximate surface area is 169 Å². The predicted octanol–water partition coefficient (Wildman–Crippen LogP) is 1.82. The van der Waals surface area contributed by atoms with Crippen molar-refractivity contribution in [2.24, 2.45) is 5.41 Å². The Bertz CT molecular complexity index is 1080. The molecule has 7 heteroatoms. The summed E-state index contributed by atoms with van der Waals surface area (Å²) in [7, 11) is 2.02. The van der Waals surface area contributed by atoms with Crippen LogP contribution in [0.2, 0.25) is 0 Å². The third-order valence-corrected chi connectivity index (χ3v) is 6.86. The topological polar surface area (TPSA) is 92.2 Å². The number of nitrogens with zero attached hydrogens (tertiary/aromatic N) is 3. The van der Waals surface area contributed by atoms with E-state index in [2.05, 4.69) is 26.2 Å². The lowest BCUT2D eigenvalue weighted by molar-refractivity contribution is 0.0858. The zero-order valence-corrected chi connectivity index (χ0v) is 16.6. The molecule has 2 saturated heterocycles. The number of hydrogen-bond acceptors (Lipinski definition) is 5. The van der Waals surface area contributed by atoms with E-state index in [0.717, 1.165) is 44.4 Å². The van der Waals surface area contributed by atoms with Crippen LogP contribution < -0.4 is 15.8 Å². The zero-order valence-electron chi connectivity index (χ0n) is 16.6. The van der Waals surface area contributed by atoms with Crippen LogP contribution in [0.4, 0.5) is 5.69 Å². The maximum atomic E-state index is 12.7. The maximum absolute atomic E-state index is 12.7. The number of benzene rings is 1. The number of carbonyl (C=O) groups excluding carboxylic acids is 1. The Morgan fingerprint density at radius 3 is 2.59 bits per heavy atom. The first-order chi connectivity index (χ1) is 14.0. The van der Waals surface area contributed by atoms with Crippen LogP contribution in [-0.2, 0) is 0 Å². The molecule has 150 valence electrons. The van der Waals surface area contributed by atoms with Gasteiger partial charge in [0.2, 0.25) is 0 Å². The predicted molar refractivity (Wildman–Crippen MR) is 111 cm³/mol. The van der Waals surface area contributed by atoms with Gasteiger partial charge < -0.3 is 20.1 Å². The number of likely N-dealkylation sites (N-methyl/N-ethyl adjacent to an activating group) is 1. The van der Waals surface area contributed by atoms with Crippen LogP contribution in [0, 0.1) is 16.7 Å². The number of anilines is 1. The number of nitriles is 1. The molecule has 1 spiro atoms. The molecule has 1 aromatic heterocycles. The number of amides is 1. The van der Waals surface area contributed by atoms with Crippen molar-refractivity contribution in [2.45, 2.75) is 31.7 Å². The highest BCUT2D eigenvalue weighted by atomic mass is 16.1. The fourth-order valence-corrected chi connectivity index (χ4v) is 4.79. The summed E-state index contributed by atoms with van der Waals surface area (Å²) in [6.45, 7) is 3.40. The number of H-pyrrole nitrogens is 1. The molecule has 1 aliphatic carbocycles. The molecule has 1 amide bonds. The Kier molecular flexibility index (Phi) is 4.14. The quantitative estimate of drug-likeness (QED) is 0.833. The molecular formula is C22H25N5O2. The van der Waals surface area contributed by atoms with Crippen LogP contribution >= 0.6 is 0 Å². The zero-order chi connectivity index (χ0) is 20.2. The lowest BCUT2D eigenvalue weighted by Crippen LogP contribution is -2.57. The van der Waals surface area contributed by atoms with Crippen molar-refractivity contribution < 1.29 is 4.79 Å². The van der Waals surface area contributed by atoms with Crippen LogP contribution in [0.15, 0.2) is 23.0 Å². The van der Waals surface area contributed by atoms with Crippen molar-refractivity contribution in [1.29, 1.82) is 5.26 Å². The van der Waals surface area contributed by atoms with E-state index in [9.17, 15) is 14.9 Å². The van der Waals surface area contributed by atoms with Gasteiger partial charge in [-0.05, 0) is 56.3 Å². The molecule has 2 aliphatic heterocycles. The fraction of sp³-hybridized carbons (Fsp3) is 0.500. The van der Waals surface area contributed by atoms with E-state index in [1.54, 1.807) is 12.1 Å². The van der Waals surface area contributed by atoms with E-state index >= 15 is 0 Å². The molecule has 3 fully saturated rings. The molecule has 1 aromatic carbocycles. The summed E-state index contributed by atoms with van der Waals surface area (Å²) >= 11 is 0. The SMILES string of the molecule is CN1CC(NC(=O)c2ccc3[nH]c(=O)c(C#N)c(N4CCC5(CC4)CC5)c3c2)C1. The number of nitrogens with one attached hydrogen (secondary N) is 2. The van der Waals surface area contributed by atoms with Crippen LogP contribution in [-0.4, -0.2) is 55.1 Å². The molecule has 29 heavy (non-hydrogen) atoms. The number of hydrogen-bond donors (Lipinski definition) is 2. The van der Waals surface area contributed by atoms with Crippen LogP contribution in [0.1, 0.15) is 41.6 Å². The smallest absolute Gasteiger partial charge is 0.268 e. The normalized spacial score (nSPS) is 21.0. The lowest BCUT2D eigenvalue weighted by atomic mass is 9.92. The van der Waals surface area contributed by atoms with Gasteiger partial charge in [-0.25, -0.2) is 0 Å². The van der Waals surface area contributed by atoms with Gasteiger partial charge in [-0.3, -0.25) is 9.59 Å². The van der Waals surface area contributed by atoms with E-state index in [-0.39, 0.29) is 23.1 Å². The number of aromatic amines is 1. The molecule has 2 aromatic rings. The third-order valence-electron chi connectivity index (χ3n) is 6.86. The van der Waals surface area contributed by atoms with Gasteiger partial charge in [0.1, 0.15) is 11.6 Å². The largest absolute Gasteiger partial charge is 0.370 e. The molecule has 3 aliphatic rings. The summed E-state index contributed by atoms with van der Waals surface area (Å²) in [5, 5.41) is 13.5. The number of piperidine rings is 1. The average Bonchev–Trinajstić information content (AvgIpc) is 3.45. The van der Waals surface area contributed by atoms with E-state index in [1.807, 2.05) is 13.1 Å². The van der Waals surface area contributed by atoms with Crippen molar-refractivity contribution >= 4 is 22.5 Å². The van der Waals surface area contributed by atoms with E-state index in [1.165, 1.54) is 12.8 Å². The highest BCUT2D eigenvalue weighted by Crippen LogP contribution is 2.54. The van der Waals surface area contributed by atoms with Crippen molar-refractivity contribution in [3.05, 3.63) is 39.7 Å². The van der Waals surface area contributed by atoms with Gasteiger partial charge in [0, 0.05) is 37.1 Å². The first-order valence-electron chi connectivity index (χ1n) is 10.3. The molecular weight excluding hydrogens is 366 g/mol. The highest BCUT2D eigenvalue weighted by molar-refractivity contribution is 6.02. The lowest BCUT2D eigenvalue weighted by Gasteiger charge is -2.36. The molecule has 3 heterocycles. The minimum Gasteiger partial charge on any atom is -0.370 e. The fourth-order valence-electron chi connectivity index (χ4n) is 4.79. The molecule has 2 N–H and O–H groups in total. The molecule has 0 bridgehead atoms. The van der Waals surface area contributed by atoms with E-state index in [0.29, 0.717) is 22.2 Å². The van der Waals surface area contributed by atoms with E-state index in [4.69, 9.17) is 0 Å². The first kappa shape index (κ1) is 18.2. The summed E-state index contributed by atoms with van der Waals surface area (Å²) < 4.78 is 0. The Hall–Kier alpha value is -2.85. The van der Waals surface area contributed by atoms with Crippen molar-refractivity contribution in [2.75, 3.05) is 38.1 Å². The molecule has 0 unspecified atom stereocenters. The summed E-state index contributed by atoms with van der Waals surface area (Å²) in [6, 6.07) is 7.60. The standard InChI is InChI=1S/C22H25N5O2/c1-26-12-15(13-26)24-20(28)14-2-3-18-16(10-14)19(17(11-23)21(29)25-18)27-8-6-22(4-5-22)7-9-27/h2-3,10,15H,4-9,12-13H2,1H3,(H,24,28)(H,25,29). The number of rotatable bonds is 3. The highest BCUT2D eigenvalue weighted by Gasteiger charge is 2.44. The Balaban J connectivity index is 1.53. The minimum absolute atomic E-state index is 0.115. The monoisotopic (exact) mass is 391 g/mol. The molecule has 0 radical (unpaired) electrons. The molecule has 5 rings (SSSR count). The second-order valence-corrected chi connectivity index (χ2v) is 8.93. The second-order valence-electron chi connectivity index (χ2n) is 8.93. The molecule has 0 atom stereocenters. The summed E-state index contributed by atoms with van der Waals surface area (Å²) in [5.74, 6) is -0.115. The number of fused-ring (bicyclic) bond motifs is 1. The molecule has 1 saturated carbocycles. The Morgan fingerprint density at radius 1 is 1.24 bits per heavy atom. The van der Waals surface area contributed by atoms with Crippen molar-refractivity contribution in [1.82, 2.24) is 15.2 Å². The van der Waals surface area contributed by atoms with Gasteiger partial charge in [-0.15, -0.1) is 0 Å². The number of carbonyl (C=O) groups is 1. The summed E-state index contributed by atoms with van der Waals surface area (Å²) in [5.41, 5.74) is 2.18. The van der Waals surface area contributed by atoms with Gasteiger partial charge in [0.05, 0.1) is 17.2 Å². The van der Waals surface area contributed by atoms with Gasteiger partial charge in [0.15, 0.2) is 0 Å². The Morgan fingerprint density at radius 2 is 1.97 bits per heavy atom. The van der Waals surface area contributed by atoms with Crippen molar-refractivity contribution in [3.8, 4) is 6.07 Å². The second kappa shape index (κ2) is 6.60. The van der Waals surface area contributed by atoms with Crippen LogP contribution in [0.3, 0.4) is 0 Å². The molecule has 7 nitrogen and oxygen atoms in total. The van der Waals surface area contributed by atoms with Gasteiger partial charge in [-0.2, -0.15) is 5.26 Å². The van der Waals surface area contributed by atoms with Crippen molar-refractivity contribution in [3.63, 3.8) is 0 Å². The summed E-state index contributed by atoms with van der Waals surface area (Å²) in [6.07, 6.45) is 4.79. The number of pyridine rings is 1. The first-order valence-corrected chi connectivity index (χ1v) is 10.3. The number of likely N-dealkylation sites (tertiary alicyclic amines) is 1. The third kappa shape index (κ3) is 3.18. The minimum atomic E-state index is -0.364. The number of aromatic nitrogens is 1. The maximum Gasteiger partial charge on any atom is 0.268 e. The summed E-state index contributed by atoms with van der Waals surface area (Å²) in [4.78, 5) is 32.4. The van der Waals surface area contributed by atoms with Gasteiger partial charge in [-0.1, -0.05) is 0 Å². The van der Waals surface area contributed by atoms with Gasteiger partial charge in [0.25, 0.3) is 11.5 Å². The average molecular weight is 391 g/mol. The van der Waals surface area contributed by atoms with Crippen LogP contribution in [0.25, 0.3) is 10.9 Å². The van der Waals surface area contributed by atoms with E-state index < -0.39 is 0 Å². The van der Waals surface area contributed by atoms with Crippen LogP contribution in [0.5, 0.6) is 0 Å².